The van der Waals surface area contributed by atoms with Gasteiger partial charge in [0.2, 0.25) is 0 Å². The van der Waals surface area contributed by atoms with Crippen molar-refractivity contribution in [1.82, 2.24) is 9.47 Å². The first-order chi connectivity index (χ1) is 8.58. The quantitative estimate of drug-likeness (QED) is 0.755. The van der Waals surface area contributed by atoms with E-state index in [2.05, 4.69) is 15.9 Å². The lowest BCUT2D eigenvalue weighted by Gasteiger charge is -2.17. The molecule has 0 bridgehead atoms. The summed E-state index contributed by atoms with van der Waals surface area (Å²) in [6, 6.07) is 1.84. The molecule has 0 radical (unpaired) electrons. The topological polar surface area (TPSA) is 34.5 Å². The lowest BCUT2D eigenvalue weighted by Crippen LogP contribution is -2.31. The van der Waals surface area contributed by atoms with Gasteiger partial charge in [-0.3, -0.25) is 4.79 Å². The predicted molar refractivity (Wildman–Crippen MR) is 73.6 cm³/mol. The van der Waals surface area contributed by atoms with Crippen molar-refractivity contribution in [1.29, 1.82) is 0 Å². The van der Waals surface area contributed by atoms with Gasteiger partial charge < -0.3 is 14.2 Å². The van der Waals surface area contributed by atoms with Gasteiger partial charge in [0.25, 0.3) is 5.91 Å². The average Bonchev–Trinajstić information content (AvgIpc) is 3.08. The molecule has 0 aliphatic heterocycles. The number of likely N-dealkylation sites (N-methyl/N-ethyl adjacent to an activating group) is 1. The van der Waals surface area contributed by atoms with Gasteiger partial charge in [-0.15, -0.1) is 0 Å². The van der Waals surface area contributed by atoms with Crippen LogP contribution in [0.25, 0.3) is 0 Å². The number of ether oxygens (including phenoxy) is 1. The summed E-state index contributed by atoms with van der Waals surface area (Å²) in [5.41, 5.74) is 0.687. The lowest BCUT2D eigenvalue weighted by atomic mass is 10.3. The molecule has 18 heavy (non-hydrogen) atoms. The maximum Gasteiger partial charge on any atom is 0.270 e. The summed E-state index contributed by atoms with van der Waals surface area (Å²) in [5.74, 6) is 0.799. The van der Waals surface area contributed by atoms with Crippen LogP contribution in [0.15, 0.2) is 16.7 Å². The van der Waals surface area contributed by atoms with Crippen LogP contribution in [0.5, 0.6) is 0 Å². The molecule has 0 spiro atoms. The molecule has 0 N–H and O–H groups in total. The Morgan fingerprint density at radius 3 is 2.89 bits per heavy atom. The number of rotatable bonds is 6. The number of hydrogen-bond acceptors (Lipinski definition) is 2. The minimum Gasteiger partial charge on any atom is -0.379 e. The van der Waals surface area contributed by atoms with Crippen molar-refractivity contribution >= 4 is 21.8 Å². The predicted octanol–water partition coefficient (Wildman–Crippen LogP) is 2.29. The van der Waals surface area contributed by atoms with Crippen LogP contribution in [0.4, 0.5) is 0 Å². The highest BCUT2D eigenvalue weighted by molar-refractivity contribution is 9.10. The van der Waals surface area contributed by atoms with E-state index in [1.54, 1.807) is 4.90 Å². The van der Waals surface area contributed by atoms with Crippen molar-refractivity contribution in [2.45, 2.75) is 12.8 Å². The number of halogens is 1. The summed E-state index contributed by atoms with van der Waals surface area (Å²) in [4.78, 5) is 13.9. The molecule has 1 aromatic rings. The molecular formula is C13H19BrN2O2. The Kier molecular flexibility index (Phi) is 4.45. The fourth-order valence-electron chi connectivity index (χ4n) is 1.77. The Bertz CT molecular complexity index is 427. The fraction of sp³-hybridized carbons (Fsp3) is 0.615. The van der Waals surface area contributed by atoms with E-state index in [0.717, 1.165) is 17.0 Å². The summed E-state index contributed by atoms with van der Waals surface area (Å²) >= 11 is 3.37. The van der Waals surface area contributed by atoms with Gasteiger partial charge in [0.15, 0.2) is 0 Å². The van der Waals surface area contributed by atoms with Gasteiger partial charge in [-0.1, -0.05) is 0 Å². The van der Waals surface area contributed by atoms with E-state index in [-0.39, 0.29) is 5.91 Å². The van der Waals surface area contributed by atoms with Gasteiger partial charge in [0.1, 0.15) is 5.69 Å². The van der Waals surface area contributed by atoms with E-state index in [1.165, 1.54) is 12.8 Å². The van der Waals surface area contributed by atoms with E-state index in [9.17, 15) is 4.79 Å². The third-order valence-corrected chi connectivity index (χ3v) is 3.59. The maximum atomic E-state index is 12.1. The van der Waals surface area contributed by atoms with Gasteiger partial charge in [-0.05, 0) is 40.8 Å². The largest absolute Gasteiger partial charge is 0.379 e. The normalized spacial score (nSPS) is 14.8. The van der Waals surface area contributed by atoms with E-state index >= 15 is 0 Å². The molecule has 4 nitrogen and oxygen atoms in total. The molecule has 1 aliphatic rings. The zero-order valence-electron chi connectivity index (χ0n) is 10.9. The first-order valence-corrected chi connectivity index (χ1v) is 7.02. The Labute approximate surface area is 116 Å². The van der Waals surface area contributed by atoms with E-state index in [4.69, 9.17) is 4.74 Å². The van der Waals surface area contributed by atoms with Crippen LogP contribution in [0.2, 0.25) is 0 Å². The van der Waals surface area contributed by atoms with Crippen molar-refractivity contribution in [2.75, 3.05) is 26.8 Å². The van der Waals surface area contributed by atoms with Gasteiger partial charge in [-0.25, -0.2) is 0 Å². The Hall–Kier alpha value is -0.810. The molecule has 0 unspecified atom stereocenters. The fourth-order valence-corrected chi connectivity index (χ4v) is 2.29. The Morgan fingerprint density at radius 2 is 2.33 bits per heavy atom. The summed E-state index contributed by atoms with van der Waals surface area (Å²) in [6.45, 7) is 2.09. The first kappa shape index (κ1) is 13.6. The molecule has 0 saturated heterocycles. The van der Waals surface area contributed by atoms with Crippen molar-refractivity contribution in [3.8, 4) is 0 Å². The second-order valence-electron chi connectivity index (χ2n) is 4.90. The summed E-state index contributed by atoms with van der Waals surface area (Å²) < 4.78 is 8.29. The Morgan fingerprint density at radius 1 is 1.61 bits per heavy atom. The number of aryl methyl sites for hydroxylation is 1. The van der Waals surface area contributed by atoms with Crippen molar-refractivity contribution in [3.63, 3.8) is 0 Å². The second-order valence-corrected chi connectivity index (χ2v) is 5.82. The van der Waals surface area contributed by atoms with Gasteiger partial charge >= 0.3 is 0 Å². The second kappa shape index (κ2) is 5.89. The number of aromatic nitrogens is 1. The highest BCUT2D eigenvalue weighted by Crippen LogP contribution is 2.28. The minimum atomic E-state index is 0.0261. The summed E-state index contributed by atoms with van der Waals surface area (Å²) in [6.07, 6.45) is 4.48. The SMILES string of the molecule is CN(CCOCC1CC1)C(=O)c1cc(Br)cn1C. The molecule has 2 rings (SSSR count). The van der Waals surface area contributed by atoms with Crippen LogP contribution in [-0.4, -0.2) is 42.2 Å². The minimum absolute atomic E-state index is 0.0261. The highest BCUT2D eigenvalue weighted by Gasteiger charge is 2.21. The Balaban J connectivity index is 1.78. The van der Waals surface area contributed by atoms with E-state index in [0.29, 0.717) is 18.8 Å². The van der Waals surface area contributed by atoms with Crippen molar-refractivity contribution in [3.05, 3.63) is 22.4 Å². The molecule has 1 aliphatic carbocycles. The zero-order chi connectivity index (χ0) is 13.1. The molecule has 0 atom stereocenters. The third-order valence-electron chi connectivity index (χ3n) is 3.16. The summed E-state index contributed by atoms with van der Waals surface area (Å²) in [7, 11) is 3.68. The van der Waals surface area contributed by atoms with Gasteiger partial charge in [0.05, 0.1) is 6.61 Å². The molecule has 1 aromatic heterocycles. The standard InChI is InChI=1S/C13H19BrN2O2/c1-15(5-6-18-9-10-3-4-10)13(17)12-7-11(14)8-16(12)2/h7-8,10H,3-6,9H2,1-2H3. The van der Waals surface area contributed by atoms with E-state index < -0.39 is 0 Å². The molecule has 1 saturated carbocycles. The van der Waals surface area contributed by atoms with E-state index in [1.807, 2.05) is 30.9 Å². The number of carbonyl (C=O) groups excluding carboxylic acids is 1. The van der Waals surface area contributed by atoms with Crippen LogP contribution >= 0.6 is 15.9 Å². The molecule has 1 heterocycles. The third kappa shape index (κ3) is 3.59. The first-order valence-electron chi connectivity index (χ1n) is 6.23. The van der Waals surface area contributed by atoms with Gasteiger partial charge in [0, 0.05) is 37.9 Å². The van der Waals surface area contributed by atoms with Crippen LogP contribution in [0.3, 0.4) is 0 Å². The lowest BCUT2D eigenvalue weighted by molar-refractivity contribution is 0.0673. The number of amides is 1. The number of carbonyl (C=O) groups is 1. The van der Waals surface area contributed by atoms with Crippen LogP contribution in [0, 0.1) is 5.92 Å². The zero-order valence-corrected chi connectivity index (χ0v) is 12.4. The number of nitrogens with zero attached hydrogens (tertiary/aromatic N) is 2. The molecule has 5 heteroatoms. The van der Waals surface area contributed by atoms with Crippen molar-refractivity contribution < 1.29 is 9.53 Å². The molecule has 100 valence electrons. The molecular weight excluding hydrogens is 296 g/mol. The van der Waals surface area contributed by atoms with Crippen molar-refractivity contribution in [2.24, 2.45) is 13.0 Å². The molecule has 1 fully saturated rings. The molecule has 1 amide bonds. The van der Waals surface area contributed by atoms with Crippen LogP contribution in [-0.2, 0) is 11.8 Å². The number of hydrogen-bond donors (Lipinski definition) is 0. The average molecular weight is 315 g/mol. The summed E-state index contributed by atoms with van der Waals surface area (Å²) in [5, 5.41) is 0. The van der Waals surface area contributed by atoms with Crippen LogP contribution in [0.1, 0.15) is 23.3 Å². The molecule has 0 aromatic carbocycles. The smallest absolute Gasteiger partial charge is 0.270 e. The van der Waals surface area contributed by atoms with Crippen LogP contribution < -0.4 is 0 Å². The monoisotopic (exact) mass is 314 g/mol. The van der Waals surface area contributed by atoms with Gasteiger partial charge in [-0.2, -0.15) is 0 Å². The maximum absolute atomic E-state index is 12.1. The highest BCUT2D eigenvalue weighted by atomic mass is 79.9.